The summed E-state index contributed by atoms with van der Waals surface area (Å²) in [4.78, 5) is 23.7. The number of para-hydroxylation sites is 1. The van der Waals surface area contributed by atoms with Crippen LogP contribution in [0.25, 0.3) is 0 Å². The van der Waals surface area contributed by atoms with Crippen LogP contribution in [0.1, 0.15) is 23.0 Å². The summed E-state index contributed by atoms with van der Waals surface area (Å²) in [7, 11) is 0. The first-order chi connectivity index (χ1) is 10.1. The van der Waals surface area contributed by atoms with E-state index in [0.29, 0.717) is 11.4 Å². The molecule has 21 heavy (non-hydrogen) atoms. The molecule has 0 saturated heterocycles. The van der Waals surface area contributed by atoms with Crippen LogP contribution in [0.4, 0.5) is 16.4 Å². The zero-order valence-corrected chi connectivity index (χ0v) is 11.7. The number of ether oxygens (including phenoxy) is 1. The van der Waals surface area contributed by atoms with E-state index in [4.69, 9.17) is 9.26 Å². The number of anilines is 2. The topological polar surface area (TPSA) is 93.5 Å². The summed E-state index contributed by atoms with van der Waals surface area (Å²) in [6.07, 6.45) is 0. The first-order valence-corrected chi connectivity index (χ1v) is 6.38. The van der Waals surface area contributed by atoms with Gasteiger partial charge in [-0.3, -0.25) is 5.32 Å². The Hall–Kier alpha value is -2.83. The molecule has 0 atom stereocenters. The van der Waals surface area contributed by atoms with Crippen molar-refractivity contribution in [1.29, 1.82) is 0 Å². The fraction of sp³-hybridized carbons (Fsp3) is 0.214. The van der Waals surface area contributed by atoms with E-state index in [0.717, 1.165) is 0 Å². The van der Waals surface area contributed by atoms with Crippen LogP contribution in [0.3, 0.4) is 0 Å². The van der Waals surface area contributed by atoms with Crippen molar-refractivity contribution < 1.29 is 18.8 Å². The van der Waals surface area contributed by atoms with Crippen LogP contribution in [-0.4, -0.2) is 23.8 Å². The Balaban J connectivity index is 2.09. The van der Waals surface area contributed by atoms with Crippen LogP contribution < -0.4 is 10.6 Å². The van der Waals surface area contributed by atoms with Gasteiger partial charge in [-0.25, -0.2) is 9.59 Å². The van der Waals surface area contributed by atoms with Crippen LogP contribution in [0, 0.1) is 6.92 Å². The lowest BCUT2D eigenvalue weighted by molar-refractivity contribution is 0.0526. The highest BCUT2D eigenvalue weighted by Gasteiger charge is 2.23. The minimum Gasteiger partial charge on any atom is -0.462 e. The van der Waals surface area contributed by atoms with Crippen molar-refractivity contribution in [2.24, 2.45) is 0 Å². The molecule has 0 bridgehead atoms. The third-order valence-electron chi connectivity index (χ3n) is 2.60. The predicted octanol–water partition coefficient (Wildman–Crippen LogP) is 2.80. The molecular formula is C14H15N3O4. The van der Waals surface area contributed by atoms with Crippen LogP contribution in [0.15, 0.2) is 34.9 Å². The third-order valence-corrected chi connectivity index (χ3v) is 2.60. The highest BCUT2D eigenvalue weighted by Crippen LogP contribution is 2.20. The number of aromatic nitrogens is 1. The number of rotatable bonds is 4. The van der Waals surface area contributed by atoms with E-state index in [-0.39, 0.29) is 18.1 Å². The van der Waals surface area contributed by atoms with Gasteiger partial charge in [-0.05, 0) is 26.0 Å². The van der Waals surface area contributed by atoms with E-state index in [1.807, 2.05) is 6.07 Å². The number of amides is 2. The van der Waals surface area contributed by atoms with Crippen LogP contribution in [0.2, 0.25) is 0 Å². The average Bonchev–Trinajstić information content (AvgIpc) is 2.81. The SMILES string of the molecule is CCOC(=O)c1c(C)noc1NC(=O)Nc1ccccc1. The van der Waals surface area contributed by atoms with Gasteiger partial charge in [0.2, 0.25) is 5.88 Å². The van der Waals surface area contributed by atoms with E-state index in [2.05, 4.69) is 15.8 Å². The van der Waals surface area contributed by atoms with Gasteiger partial charge in [0.25, 0.3) is 0 Å². The van der Waals surface area contributed by atoms with Gasteiger partial charge >= 0.3 is 12.0 Å². The number of urea groups is 1. The van der Waals surface area contributed by atoms with Gasteiger partial charge in [0.05, 0.1) is 12.3 Å². The van der Waals surface area contributed by atoms with Gasteiger partial charge in [0, 0.05) is 5.69 Å². The number of esters is 1. The summed E-state index contributed by atoms with van der Waals surface area (Å²) in [5.74, 6) is -0.634. The second kappa shape index (κ2) is 6.56. The Kier molecular flexibility index (Phi) is 4.55. The predicted molar refractivity (Wildman–Crippen MR) is 76.3 cm³/mol. The number of nitrogens with one attached hydrogen (secondary N) is 2. The van der Waals surface area contributed by atoms with Crippen LogP contribution in [0.5, 0.6) is 0 Å². The summed E-state index contributed by atoms with van der Waals surface area (Å²) < 4.78 is 9.85. The molecule has 7 heteroatoms. The lowest BCUT2D eigenvalue weighted by atomic mass is 10.2. The largest absolute Gasteiger partial charge is 0.462 e. The van der Waals surface area contributed by atoms with E-state index < -0.39 is 12.0 Å². The molecule has 0 aliphatic rings. The summed E-state index contributed by atoms with van der Waals surface area (Å²) in [6, 6.07) is 8.34. The van der Waals surface area contributed by atoms with E-state index in [1.165, 1.54) is 0 Å². The zero-order valence-electron chi connectivity index (χ0n) is 11.7. The fourth-order valence-corrected chi connectivity index (χ4v) is 1.69. The molecular weight excluding hydrogens is 274 g/mol. The molecule has 2 amide bonds. The van der Waals surface area contributed by atoms with Crippen molar-refractivity contribution >= 4 is 23.6 Å². The molecule has 1 aromatic heterocycles. The summed E-state index contributed by atoms with van der Waals surface area (Å²) >= 11 is 0. The van der Waals surface area contributed by atoms with Crippen molar-refractivity contribution in [3.8, 4) is 0 Å². The van der Waals surface area contributed by atoms with Gasteiger partial charge in [0.1, 0.15) is 5.56 Å². The van der Waals surface area contributed by atoms with Crippen molar-refractivity contribution in [3.05, 3.63) is 41.6 Å². The molecule has 7 nitrogen and oxygen atoms in total. The Labute approximate surface area is 121 Å². The van der Waals surface area contributed by atoms with E-state index in [1.54, 1.807) is 38.1 Å². The molecule has 2 N–H and O–H groups in total. The molecule has 2 rings (SSSR count). The molecule has 2 aromatic rings. The van der Waals surface area contributed by atoms with E-state index >= 15 is 0 Å². The smallest absolute Gasteiger partial charge is 0.345 e. The number of carbonyl (C=O) groups excluding carboxylic acids is 2. The Bertz CT molecular complexity index is 637. The molecule has 1 heterocycles. The molecule has 0 fully saturated rings. The second-order valence-corrected chi connectivity index (χ2v) is 4.14. The maximum atomic E-state index is 11.9. The molecule has 0 aliphatic heterocycles. The van der Waals surface area contributed by atoms with Crippen molar-refractivity contribution in [1.82, 2.24) is 5.16 Å². The normalized spacial score (nSPS) is 10.0. The molecule has 0 spiro atoms. The highest BCUT2D eigenvalue weighted by molar-refractivity contribution is 6.04. The molecule has 0 saturated carbocycles. The van der Waals surface area contributed by atoms with Crippen molar-refractivity contribution in [2.45, 2.75) is 13.8 Å². The first-order valence-electron chi connectivity index (χ1n) is 6.38. The number of nitrogens with zero attached hydrogens (tertiary/aromatic N) is 1. The van der Waals surface area contributed by atoms with Gasteiger partial charge in [-0.15, -0.1) is 0 Å². The highest BCUT2D eigenvalue weighted by atomic mass is 16.5. The van der Waals surface area contributed by atoms with Gasteiger partial charge in [-0.2, -0.15) is 0 Å². The van der Waals surface area contributed by atoms with Crippen LogP contribution >= 0.6 is 0 Å². The Morgan fingerprint density at radius 3 is 2.62 bits per heavy atom. The van der Waals surface area contributed by atoms with Crippen molar-refractivity contribution in [3.63, 3.8) is 0 Å². The lowest BCUT2D eigenvalue weighted by Gasteiger charge is -2.06. The Morgan fingerprint density at radius 2 is 1.95 bits per heavy atom. The molecule has 1 aromatic carbocycles. The second-order valence-electron chi connectivity index (χ2n) is 4.14. The average molecular weight is 289 g/mol. The van der Waals surface area contributed by atoms with E-state index in [9.17, 15) is 9.59 Å². The van der Waals surface area contributed by atoms with Crippen LogP contribution in [-0.2, 0) is 4.74 Å². The third kappa shape index (κ3) is 3.59. The molecule has 0 aliphatic carbocycles. The molecule has 0 unspecified atom stereocenters. The summed E-state index contributed by atoms with van der Waals surface area (Å²) in [5.41, 5.74) is 1.08. The maximum Gasteiger partial charge on any atom is 0.345 e. The lowest BCUT2D eigenvalue weighted by Crippen LogP contribution is -2.20. The number of hydrogen-bond acceptors (Lipinski definition) is 5. The molecule has 0 radical (unpaired) electrons. The zero-order chi connectivity index (χ0) is 15.2. The number of aryl methyl sites for hydroxylation is 1. The number of hydrogen-bond donors (Lipinski definition) is 2. The number of carbonyl (C=O) groups is 2. The first kappa shape index (κ1) is 14.6. The standard InChI is InChI=1S/C14H15N3O4/c1-3-20-13(18)11-9(2)17-21-12(11)16-14(19)15-10-7-5-4-6-8-10/h4-8H,3H2,1-2H3,(H2,15,16,19). The van der Waals surface area contributed by atoms with Gasteiger partial charge in [0.15, 0.2) is 0 Å². The summed E-state index contributed by atoms with van der Waals surface area (Å²) in [6.45, 7) is 3.51. The van der Waals surface area contributed by atoms with Gasteiger partial charge < -0.3 is 14.6 Å². The van der Waals surface area contributed by atoms with Crippen molar-refractivity contribution in [2.75, 3.05) is 17.2 Å². The minimum absolute atomic E-state index is 0.0422. The quantitative estimate of drug-likeness (QED) is 0.844. The Morgan fingerprint density at radius 1 is 1.24 bits per heavy atom. The minimum atomic E-state index is -0.591. The number of benzene rings is 1. The molecule has 110 valence electrons. The van der Waals surface area contributed by atoms with Gasteiger partial charge in [-0.1, -0.05) is 23.4 Å². The maximum absolute atomic E-state index is 11.9. The summed E-state index contributed by atoms with van der Waals surface area (Å²) in [5, 5.41) is 8.71. The monoisotopic (exact) mass is 289 g/mol. The fourth-order valence-electron chi connectivity index (χ4n) is 1.69.